The zero-order valence-corrected chi connectivity index (χ0v) is 7.67. The van der Waals surface area contributed by atoms with E-state index in [-0.39, 0.29) is 0 Å². The molecule has 0 N–H and O–H groups in total. The van der Waals surface area contributed by atoms with Crippen molar-refractivity contribution in [3.63, 3.8) is 0 Å². The Labute approximate surface area is 82.0 Å². The van der Waals surface area contributed by atoms with Gasteiger partial charge in [0.1, 0.15) is 0 Å². The third-order valence-electron chi connectivity index (χ3n) is 1.67. The van der Waals surface area contributed by atoms with Crippen LogP contribution >= 0.6 is 11.6 Å². The second-order valence-electron chi connectivity index (χ2n) is 2.60. The van der Waals surface area contributed by atoms with Crippen molar-refractivity contribution in [1.82, 2.24) is 0 Å². The predicted molar refractivity (Wildman–Crippen MR) is 50.1 cm³/mol. The number of hydrogen-bond donors (Lipinski definition) is 0. The molecule has 2 nitrogen and oxygen atoms in total. The summed E-state index contributed by atoms with van der Waals surface area (Å²) in [6.45, 7) is 0. The second-order valence-corrected chi connectivity index (χ2v) is 3.00. The maximum Gasteiger partial charge on any atom is 0.0670 e. The molecule has 0 aliphatic carbocycles. The van der Waals surface area contributed by atoms with Crippen LogP contribution in [-0.4, -0.2) is 0 Å². The van der Waals surface area contributed by atoms with Crippen LogP contribution in [-0.2, 0) is 12.8 Å². The van der Waals surface area contributed by atoms with Gasteiger partial charge < -0.3 is 0 Å². The van der Waals surface area contributed by atoms with Crippen LogP contribution in [0.2, 0.25) is 5.02 Å². The minimum atomic E-state index is 0.311. The highest BCUT2D eigenvalue weighted by Crippen LogP contribution is 2.18. The van der Waals surface area contributed by atoms with Crippen molar-refractivity contribution in [3.05, 3.63) is 34.3 Å². The number of rotatable bonds is 2. The standard InChI is InChI=1S/C10H7ClN2/c11-10-7-8(3-5-12)1-2-9(10)4-6-13/h1-2,7H,3-4H2. The zero-order chi connectivity index (χ0) is 9.68. The fourth-order valence-electron chi connectivity index (χ4n) is 1.02. The SMILES string of the molecule is N#CCc1ccc(CC#N)c(Cl)c1. The molecule has 1 aromatic carbocycles. The van der Waals surface area contributed by atoms with Gasteiger partial charge in [0.25, 0.3) is 0 Å². The number of benzene rings is 1. The van der Waals surface area contributed by atoms with Crippen LogP contribution in [0, 0.1) is 22.7 Å². The van der Waals surface area contributed by atoms with Crippen LogP contribution < -0.4 is 0 Å². The van der Waals surface area contributed by atoms with Crippen molar-refractivity contribution in [1.29, 1.82) is 10.5 Å². The lowest BCUT2D eigenvalue weighted by atomic mass is 10.1. The number of nitrogens with zero attached hydrogens (tertiary/aromatic N) is 2. The maximum atomic E-state index is 8.46. The highest BCUT2D eigenvalue weighted by atomic mass is 35.5. The van der Waals surface area contributed by atoms with Gasteiger partial charge in [0, 0.05) is 5.02 Å². The summed E-state index contributed by atoms with van der Waals surface area (Å²) in [5.41, 5.74) is 1.69. The van der Waals surface area contributed by atoms with E-state index >= 15 is 0 Å². The fraction of sp³-hybridized carbons (Fsp3) is 0.200. The summed E-state index contributed by atoms with van der Waals surface area (Å²) in [5, 5.41) is 17.5. The van der Waals surface area contributed by atoms with Crippen molar-refractivity contribution in [2.24, 2.45) is 0 Å². The highest BCUT2D eigenvalue weighted by Gasteiger charge is 2.00. The first-order valence-electron chi connectivity index (χ1n) is 3.79. The Balaban J connectivity index is 2.94. The molecule has 0 saturated heterocycles. The van der Waals surface area contributed by atoms with Gasteiger partial charge in [0.2, 0.25) is 0 Å². The van der Waals surface area contributed by atoms with Crippen LogP contribution in [0.5, 0.6) is 0 Å². The van der Waals surface area contributed by atoms with E-state index in [4.69, 9.17) is 22.1 Å². The van der Waals surface area contributed by atoms with Gasteiger partial charge in [-0.3, -0.25) is 0 Å². The van der Waals surface area contributed by atoms with Crippen molar-refractivity contribution < 1.29 is 0 Å². The first-order chi connectivity index (χ1) is 6.27. The van der Waals surface area contributed by atoms with Gasteiger partial charge in [-0.25, -0.2) is 0 Å². The summed E-state index contributed by atoms with van der Waals surface area (Å²) in [6.07, 6.45) is 0.665. The van der Waals surface area contributed by atoms with Gasteiger partial charge in [0.15, 0.2) is 0 Å². The molecule has 0 heterocycles. The summed E-state index contributed by atoms with van der Waals surface area (Å²) in [5.74, 6) is 0. The number of hydrogen-bond acceptors (Lipinski definition) is 2. The molecule has 0 aromatic heterocycles. The topological polar surface area (TPSA) is 47.6 Å². The lowest BCUT2D eigenvalue weighted by Gasteiger charge is -2.00. The quantitative estimate of drug-likeness (QED) is 0.719. The molecule has 0 aliphatic rings. The Hall–Kier alpha value is -1.51. The van der Waals surface area contributed by atoms with Gasteiger partial charge in [-0.1, -0.05) is 23.7 Å². The van der Waals surface area contributed by atoms with E-state index in [2.05, 4.69) is 0 Å². The van der Waals surface area contributed by atoms with E-state index < -0.39 is 0 Å². The van der Waals surface area contributed by atoms with E-state index in [1.807, 2.05) is 18.2 Å². The van der Waals surface area contributed by atoms with Crippen molar-refractivity contribution in [3.8, 4) is 12.1 Å². The first-order valence-corrected chi connectivity index (χ1v) is 4.17. The Bertz CT molecular complexity index is 385. The summed E-state index contributed by atoms with van der Waals surface area (Å²) in [6, 6.07) is 9.41. The van der Waals surface area contributed by atoms with Crippen LogP contribution in [0.15, 0.2) is 18.2 Å². The average molecular weight is 191 g/mol. The number of nitriles is 2. The Morgan fingerprint density at radius 1 is 1.15 bits per heavy atom. The highest BCUT2D eigenvalue weighted by molar-refractivity contribution is 6.31. The van der Waals surface area contributed by atoms with Crippen LogP contribution in [0.4, 0.5) is 0 Å². The predicted octanol–water partition coefficient (Wildman–Crippen LogP) is 2.47. The molecule has 0 saturated carbocycles. The van der Waals surface area contributed by atoms with Crippen molar-refractivity contribution in [2.45, 2.75) is 12.8 Å². The van der Waals surface area contributed by atoms with E-state index in [1.165, 1.54) is 0 Å². The van der Waals surface area contributed by atoms with Crippen LogP contribution in [0.3, 0.4) is 0 Å². The minimum Gasteiger partial charge on any atom is -0.198 e. The molecule has 1 rings (SSSR count). The molecule has 0 fully saturated rings. The molecule has 0 atom stereocenters. The normalized spacial score (nSPS) is 8.85. The molecule has 0 amide bonds. The summed E-state index contributed by atoms with van der Waals surface area (Å²) in [4.78, 5) is 0. The monoisotopic (exact) mass is 190 g/mol. The van der Waals surface area contributed by atoms with Gasteiger partial charge >= 0.3 is 0 Å². The molecular formula is C10H7ClN2. The molecule has 0 unspecified atom stereocenters. The molecule has 13 heavy (non-hydrogen) atoms. The van der Waals surface area contributed by atoms with Crippen molar-refractivity contribution >= 4 is 11.6 Å². The summed E-state index contributed by atoms with van der Waals surface area (Å²) < 4.78 is 0. The van der Waals surface area contributed by atoms with E-state index in [0.717, 1.165) is 11.1 Å². The molecule has 0 spiro atoms. The molecule has 1 aromatic rings. The molecule has 64 valence electrons. The lowest BCUT2D eigenvalue weighted by Crippen LogP contribution is -1.87. The largest absolute Gasteiger partial charge is 0.198 e. The van der Waals surface area contributed by atoms with E-state index in [0.29, 0.717) is 17.9 Å². The van der Waals surface area contributed by atoms with Crippen LogP contribution in [0.25, 0.3) is 0 Å². The van der Waals surface area contributed by atoms with Gasteiger partial charge in [-0.05, 0) is 17.2 Å². The van der Waals surface area contributed by atoms with Crippen LogP contribution in [0.1, 0.15) is 11.1 Å². The zero-order valence-electron chi connectivity index (χ0n) is 6.92. The summed E-state index contributed by atoms with van der Waals surface area (Å²) in [7, 11) is 0. The Morgan fingerprint density at radius 3 is 2.38 bits per heavy atom. The lowest BCUT2D eigenvalue weighted by molar-refractivity contribution is 1.22. The third-order valence-corrected chi connectivity index (χ3v) is 2.02. The molecular weight excluding hydrogens is 184 g/mol. The second kappa shape index (κ2) is 4.50. The Morgan fingerprint density at radius 2 is 1.85 bits per heavy atom. The van der Waals surface area contributed by atoms with E-state index in [9.17, 15) is 0 Å². The third kappa shape index (κ3) is 2.47. The molecule has 0 bridgehead atoms. The van der Waals surface area contributed by atoms with Gasteiger partial charge in [0.05, 0.1) is 25.0 Å². The molecule has 0 radical (unpaired) electrons. The van der Waals surface area contributed by atoms with Gasteiger partial charge in [-0.15, -0.1) is 0 Å². The van der Waals surface area contributed by atoms with E-state index in [1.54, 1.807) is 12.1 Å². The minimum absolute atomic E-state index is 0.311. The van der Waals surface area contributed by atoms with Crippen molar-refractivity contribution in [2.75, 3.05) is 0 Å². The smallest absolute Gasteiger partial charge is 0.0670 e. The average Bonchev–Trinajstić information content (AvgIpc) is 2.10. The first kappa shape index (κ1) is 9.58. The fourth-order valence-corrected chi connectivity index (χ4v) is 1.29. The molecule has 3 heteroatoms. The summed E-state index contributed by atoms with van der Waals surface area (Å²) >= 11 is 5.88. The van der Waals surface area contributed by atoms with Gasteiger partial charge in [-0.2, -0.15) is 10.5 Å². The maximum absolute atomic E-state index is 8.46. The number of halogens is 1. The Kier molecular flexibility index (Phi) is 3.31. The molecule has 0 aliphatic heterocycles.